The van der Waals surface area contributed by atoms with Crippen LogP contribution in [0.1, 0.15) is 41.2 Å². The first-order chi connectivity index (χ1) is 23.0. The SMILES string of the molecule is CCCNC(=O)C(Cc1ccccc1)N(Cc1ccc(C)cc1)C(=O)CN(c1cc(C)cc(C)c1)S(=O)(=O)c1ccc(OC)c(OC)c1. The van der Waals surface area contributed by atoms with Gasteiger partial charge in [-0.15, -0.1) is 0 Å². The number of amides is 2. The second kappa shape index (κ2) is 16.3. The molecular formula is C38H45N3O6S. The van der Waals surface area contributed by atoms with Crippen molar-refractivity contribution in [2.75, 3.05) is 31.6 Å². The lowest BCUT2D eigenvalue weighted by Gasteiger charge is -2.34. The van der Waals surface area contributed by atoms with Gasteiger partial charge in [0.25, 0.3) is 10.0 Å². The van der Waals surface area contributed by atoms with E-state index in [0.717, 1.165) is 38.5 Å². The number of rotatable bonds is 15. The third kappa shape index (κ3) is 8.95. The molecule has 1 atom stereocenters. The minimum Gasteiger partial charge on any atom is -0.493 e. The number of hydrogen-bond donors (Lipinski definition) is 1. The van der Waals surface area contributed by atoms with Gasteiger partial charge in [0.05, 0.1) is 24.8 Å². The molecule has 0 aliphatic rings. The minimum absolute atomic E-state index is 0.0706. The largest absolute Gasteiger partial charge is 0.493 e. The van der Waals surface area contributed by atoms with Gasteiger partial charge in [0.15, 0.2) is 11.5 Å². The van der Waals surface area contributed by atoms with E-state index in [-0.39, 0.29) is 29.5 Å². The lowest BCUT2D eigenvalue weighted by atomic mass is 10.0. The van der Waals surface area contributed by atoms with Gasteiger partial charge in [0.1, 0.15) is 12.6 Å². The Balaban J connectivity index is 1.84. The van der Waals surface area contributed by atoms with E-state index in [9.17, 15) is 18.0 Å². The predicted octanol–water partition coefficient (Wildman–Crippen LogP) is 5.99. The van der Waals surface area contributed by atoms with Crippen molar-refractivity contribution in [3.05, 3.63) is 119 Å². The molecule has 4 aromatic rings. The highest BCUT2D eigenvalue weighted by molar-refractivity contribution is 7.92. The third-order valence-corrected chi connectivity index (χ3v) is 9.78. The van der Waals surface area contributed by atoms with E-state index in [1.54, 1.807) is 12.1 Å². The van der Waals surface area contributed by atoms with E-state index in [1.165, 1.54) is 37.3 Å². The summed E-state index contributed by atoms with van der Waals surface area (Å²) in [6.45, 7) is 7.69. The maximum absolute atomic E-state index is 14.7. The highest BCUT2D eigenvalue weighted by atomic mass is 32.2. The number of nitrogens with zero attached hydrogens (tertiary/aromatic N) is 2. The smallest absolute Gasteiger partial charge is 0.264 e. The summed E-state index contributed by atoms with van der Waals surface area (Å²) in [4.78, 5) is 29.9. The Kier molecular flexibility index (Phi) is 12.2. The quantitative estimate of drug-likeness (QED) is 0.167. The van der Waals surface area contributed by atoms with Crippen LogP contribution in [-0.4, -0.2) is 58.5 Å². The van der Waals surface area contributed by atoms with Crippen molar-refractivity contribution in [3.63, 3.8) is 0 Å². The summed E-state index contributed by atoms with van der Waals surface area (Å²) < 4.78 is 40.8. The lowest BCUT2D eigenvalue weighted by Crippen LogP contribution is -2.53. The van der Waals surface area contributed by atoms with Gasteiger partial charge in [-0.1, -0.05) is 73.2 Å². The highest BCUT2D eigenvalue weighted by Gasteiger charge is 2.35. The molecule has 1 unspecified atom stereocenters. The molecule has 48 heavy (non-hydrogen) atoms. The van der Waals surface area contributed by atoms with Crippen LogP contribution in [0.4, 0.5) is 5.69 Å². The Morgan fingerprint density at radius 3 is 2.02 bits per heavy atom. The summed E-state index contributed by atoms with van der Waals surface area (Å²) in [7, 11) is -1.42. The van der Waals surface area contributed by atoms with Crippen LogP contribution >= 0.6 is 0 Å². The van der Waals surface area contributed by atoms with Crippen molar-refractivity contribution in [2.45, 2.75) is 58.0 Å². The molecular weight excluding hydrogens is 627 g/mol. The summed E-state index contributed by atoms with van der Waals surface area (Å²) in [6.07, 6.45) is 0.972. The van der Waals surface area contributed by atoms with Crippen LogP contribution in [0.25, 0.3) is 0 Å². The van der Waals surface area contributed by atoms with Crippen LogP contribution in [0, 0.1) is 20.8 Å². The normalized spacial score (nSPS) is 11.8. The van der Waals surface area contributed by atoms with Crippen LogP contribution in [0.3, 0.4) is 0 Å². The summed E-state index contributed by atoms with van der Waals surface area (Å²) in [5.41, 5.74) is 4.75. The number of hydrogen-bond acceptors (Lipinski definition) is 6. The Labute approximate surface area is 284 Å². The molecule has 0 saturated heterocycles. The van der Waals surface area contributed by atoms with E-state index in [1.807, 2.05) is 88.4 Å². The number of benzene rings is 4. The molecule has 0 radical (unpaired) electrons. The number of ether oxygens (including phenoxy) is 2. The van der Waals surface area contributed by atoms with Crippen LogP contribution in [-0.2, 0) is 32.6 Å². The Morgan fingerprint density at radius 2 is 1.42 bits per heavy atom. The minimum atomic E-state index is -4.32. The van der Waals surface area contributed by atoms with E-state index >= 15 is 0 Å². The van der Waals surface area contributed by atoms with Gasteiger partial charge in [0, 0.05) is 25.6 Å². The first kappa shape index (κ1) is 36.0. The molecule has 10 heteroatoms. The number of methoxy groups -OCH3 is 2. The van der Waals surface area contributed by atoms with Gasteiger partial charge in [-0.3, -0.25) is 13.9 Å². The van der Waals surface area contributed by atoms with Crippen molar-refractivity contribution in [3.8, 4) is 11.5 Å². The zero-order valence-electron chi connectivity index (χ0n) is 28.5. The average Bonchev–Trinajstić information content (AvgIpc) is 3.07. The third-order valence-electron chi connectivity index (χ3n) is 8.01. The number of carbonyl (C=O) groups excluding carboxylic acids is 2. The molecule has 1 N–H and O–H groups in total. The summed E-state index contributed by atoms with van der Waals surface area (Å²) >= 11 is 0. The number of anilines is 1. The van der Waals surface area contributed by atoms with Crippen LogP contribution in [0.5, 0.6) is 11.5 Å². The van der Waals surface area contributed by atoms with Crippen molar-refractivity contribution in [1.29, 1.82) is 0 Å². The summed E-state index contributed by atoms with van der Waals surface area (Å²) in [5, 5.41) is 2.97. The van der Waals surface area contributed by atoms with Gasteiger partial charge < -0.3 is 19.7 Å². The first-order valence-corrected chi connectivity index (χ1v) is 17.4. The molecule has 0 bridgehead atoms. The highest BCUT2D eigenvalue weighted by Crippen LogP contribution is 2.33. The van der Waals surface area contributed by atoms with Gasteiger partial charge in [0.2, 0.25) is 11.8 Å². The van der Waals surface area contributed by atoms with Crippen LogP contribution in [0.15, 0.2) is 95.9 Å². The molecule has 0 spiro atoms. The van der Waals surface area contributed by atoms with Crippen LogP contribution in [0.2, 0.25) is 0 Å². The average molecular weight is 672 g/mol. The molecule has 0 aromatic heterocycles. The van der Waals surface area contributed by atoms with Crippen LogP contribution < -0.4 is 19.1 Å². The van der Waals surface area contributed by atoms with Crippen molar-refractivity contribution >= 4 is 27.5 Å². The Bertz CT molecular complexity index is 1790. The second-order valence-corrected chi connectivity index (χ2v) is 13.7. The van der Waals surface area contributed by atoms with Gasteiger partial charge in [-0.25, -0.2) is 8.42 Å². The van der Waals surface area contributed by atoms with Gasteiger partial charge in [-0.05, 0) is 73.7 Å². The molecule has 4 rings (SSSR count). The Morgan fingerprint density at radius 1 is 0.771 bits per heavy atom. The van der Waals surface area contributed by atoms with E-state index in [2.05, 4.69) is 5.32 Å². The van der Waals surface area contributed by atoms with Gasteiger partial charge >= 0.3 is 0 Å². The number of sulfonamides is 1. The zero-order valence-corrected chi connectivity index (χ0v) is 29.3. The molecule has 254 valence electrons. The summed E-state index contributed by atoms with van der Waals surface area (Å²) in [5.74, 6) is -0.216. The maximum atomic E-state index is 14.7. The van der Waals surface area contributed by atoms with E-state index in [4.69, 9.17) is 9.47 Å². The standard InChI is InChI=1S/C38H45N3O6S/c1-7-19-39-38(43)34(23-30-11-9-8-10-12-30)40(25-31-15-13-27(2)14-16-31)37(42)26-41(32-21-28(3)20-29(4)22-32)48(44,45)33-17-18-35(46-5)36(24-33)47-6/h8-18,20-22,24,34H,7,19,23,25-26H2,1-6H3,(H,39,43). The summed E-state index contributed by atoms with van der Waals surface area (Å²) in [6, 6.07) is 26.1. The topological polar surface area (TPSA) is 105 Å². The molecule has 0 saturated carbocycles. The van der Waals surface area contributed by atoms with E-state index in [0.29, 0.717) is 18.0 Å². The predicted molar refractivity (Wildman–Crippen MR) is 189 cm³/mol. The molecule has 0 fully saturated rings. The molecule has 2 amide bonds. The molecule has 0 aliphatic heterocycles. The number of nitrogens with one attached hydrogen (secondary N) is 1. The molecule has 4 aromatic carbocycles. The fraction of sp³-hybridized carbons (Fsp3) is 0.316. The fourth-order valence-electron chi connectivity index (χ4n) is 5.54. The molecule has 9 nitrogen and oxygen atoms in total. The van der Waals surface area contributed by atoms with Crippen molar-refractivity contribution < 1.29 is 27.5 Å². The van der Waals surface area contributed by atoms with Gasteiger partial charge in [-0.2, -0.15) is 0 Å². The molecule has 0 aliphatic carbocycles. The number of carbonyl (C=O) groups is 2. The fourth-order valence-corrected chi connectivity index (χ4v) is 6.95. The lowest BCUT2D eigenvalue weighted by molar-refractivity contribution is -0.140. The van der Waals surface area contributed by atoms with Crippen molar-refractivity contribution in [1.82, 2.24) is 10.2 Å². The zero-order chi connectivity index (χ0) is 34.8. The maximum Gasteiger partial charge on any atom is 0.264 e. The Hall–Kier alpha value is -4.83. The van der Waals surface area contributed by atoms with Crippen molar-refractivity contribution in [2.24, 2.45) is 0 Å². The second-order valence-electron chi connectivity index (χ2n) is 11.9. The number of aryl methyl sites for hydroxylation is 3. The first-order valence-electron chi connectivity index (χ1n) is 16.0. The molecule has 0 heterocycles. The monoisotopic (exact) mass is 671 g/mol. The van der Waals surface area contributed by atoms with E-state index < -0.39 is 28.5 Å².